The average Bonchev–Trinajstić information content (AvgIpc) is 2.88. The predicted molar refractivity (Wildman–Crippen MR) is 77.6 cm³/mol. The van der Waals surface area contributed by atoms with Crippen LogP contribution in [0.1, 0.15) is 10.4 Å². The summed E-state index contributed by atoms with van der Waals surface area (Å²) in [6, 6.07) is 9.53. The van der Waals surface area contributed by atoms with Crippen LogP contribution in [-0.4, -0.2) is 22.0 Å². The van der Waals surface area contributed by atoms with E-state index in [2.05, 4.69) is 0 Å². The van der Waals surface area contributed by atoms with Gasteiger partial charge in [0.2, 0.25) is 5.76 Å². The van der Waals surface area contributed by atoms with Gasteiger partial charge in [-0.05, 0) is 12.1 Å². The molecule has 0 spiro atoms. The SMILES string of the molecule is O=C(O)/C(O)=C/C(=O)c1cscc1Sc1ccccc1. The van der Waals surface area contributed by atoms with E-state index >= 15 is 0 Å². The van der Waals surface area contributed by atoms with Crippen molar-refractivity contribution in [2.75, 3.05) is 0 Å². The van der Waals surface area contributed by atoms with Crippen molar-refractivity contribution in [3.05, 3.63) is 58.5 Å². The van der Waals surface area contributed by atoms with Crippen LogP contribution in [0.15, 0.2) is 62.7 Å². The highest BCUT2D eigenvalue weighted by atomic mass is 32.2. The molecule has 0 aliphatic carbocycles. The largest absolute Gasteiger partial charge is 0.502 e. The molecule has 0 aliphatic heterocycles. The lowest BCUT2D eigenvalue weighted by Crippen LogP contribution is -2.03. The Morgan fingerprint density at radius 3 is 2.45 bits per heavy atom. The van der Waals surface area contributed by atoms with Crippen LogP contribution in [0.2, 0.25) is 0 Å². The summed E-state index contributed by atoms with van der Waals surface area (Å²) in [7, 11) is 0. The number of aliphatic hydroxyl groups is 1. The molecule has 20 heavy (non-hydrogen) atoms. The molecule has 0 amide bonds. The minimum atomic E-state index is -1.52. The second kappa shape index (κ2) is 6.40. The van der Waals surface area contributed by atoms with Gasteiger partial charge in [-0.15, -0.1) is 0 Å². The van der Waals surface area contributed by atoms with Gasteiger partial charge in [-0.1, -0.05) is 30.0 Å². The predicted octanol–water partition coefficient (Wildman–Crippen LogP) is 3.61. The molecule has 0 fully saturated rings. The molecule has 0 bridgehead atoms. The molecule has 0 unspecified atom stereocenters. The van der Waals surface area contributed by atoms with E-state index in [1.807, 2.05) is 35.7 Å². The molecule has 102 valence electrons. The molecule has 2 rings (SSSR count). The summed E-state index contributed by atoms with van der Waals surface area (Å²) >= 11 is 2.77. The third kappa shape index (κ3) is 3.49. The molecule has 2 aromatic rings. The fourth-order valence-corrected chi connectivity index (χ4v) is 3.37. The number of carbonyl (C=O) groups is 2. The molecule has 6 heteroatoms. The van der Waals surface area contributed by atoms with Crippen molar-refractivity contribution in [1.29, 1.82) is 0 Å². The zero-order chi connectivity index (χ0) is 14.5. The summed E-state index contributed by atoms with van der Waals surface area (Å²) in [6.45, 7) is 0. The fraction of sp³-hybridized carbons (Fsp3) is 0. The monoisotopic (exact) mass is 306 g/mol. The summed E-state index contributed by atoms with van der Waals surface area (Å²) in [5.74, 6) is -3.01. The van der Waals surface area contributed by atoms with Gasteiger partial charge in [0.1, 0.15) is 0 Å². The molecule has 0 saturated heterocycles. The van der Waals surface area contributed by atoms with Crippen LogP contribution in [0.25, 0.3) is 0 Å². The highest BCUT2D eigenvalue weighted by Crippen LogP contribution is 2.33. The maximum Gasteiger partial charge on any atom is 0.371 e. The zero-order valence-corrected chi connectivity index (χ0v) is 11.8. The summed E-state index contributed by atoms with van der Waals surface area (Å²) in [5.41, 5.74) is 0.386. The second-order valence-electron chi connectivity index (χ2n) is 3.76. The smallest absolute Gasteiger partial charge is 0.371 e. The van der Waals surface area contributed by atoms with Crippen LogP contribution < -0.4 is 0 Å². The van der Waals surface area contributed by atoms with Gasteiger partial charge in [0.25, 0.3) is 0 Å². The van der Waals surface area contributed by atoms with Crippen LogP contribution in [-0.2, 0) is 4.79 Å². The lowest BCUT2D eigenvalue weighted by atomic mass is 10.2. The van der Waals surface area contributed by atoms with Crippen LogP contribution in [0, 0.1) is 0 Å². The number of hydrogen-bond acceptors (Lipinski definition) is 5. The van der Waals surface area contributed by atoms with Crippen molar-refractivity contribution in [2.45, 2.75) is 9.79 Å². The summed E-state index contributed by atoms with van der Waals surface area (Å²) in [5, 5.41) is 21.1. The number of aliphatic carboxylic acids is 1. The Hall–Kier alpha value is -2.05. The maximum atomic E-state index is 11.9. The van der Waals surface area contributed by atoms with Crippen molar-refractivity contribution in [2.24, 2.45) is 0 Å². The van der Waals surface area contributed by atoms with E-state index in [0.29, 0.717) is 5.56 Å². The van der Waals surface area contributed by atoms with E-state index in [4.69, 9.17) is 10.2 Å². The number of allylic oxidation sites excluding steroid dienone is 1. The van der Waals surface area contributed by atoms with Crippen LogP contribution in [0.5, 0.6) is 0 Å². The summed E-state index contributed by atoms with van der Waals surface area (Å²) < 4.78 is 0. The maximum absolute atomic E-state index is 11.9. The minimum Gasteiger partial charge on any atom is -0.502 e. The van der Waals surface area contributed by atoms with E-state index in [1.165, 1.54) is 23.1 Å². The Morgan fingerprint density at radius 1 is 1.10 bits per heavy atom. The molecule has 0 radical (unpaired) electrons. The van der Waals surface area contributed by atoms with Gasteiger partial charge in [0.05, 0.1) is 0 Å². The molecular formula is C14H10O4S2. The Balaban J connectivity index is 2.23. The lowest BCUT2D eigenvalue weighted by molar-refractivity contribution is -0.135. The third-order valence-electron chi connectivity index (χ3n) is 2.35. The Bertz CT molecular complexity index is 659. The highest BCUT2D eigenvalue weighted by Gasteiger charge is 2.14. The van der Waals surface area contributed by atoms with Gasteiger partial charge in [-0.25, -0.2) is 4.79 Å². The number of rotatable bonds is 5. The molecular weight excluding hydrogens is 296 g/mol. The molecule has 1 heterocycles. The Kier molecular flexibility index (Phi) is 4.60. The number of aliphatic hydroxyl groups excluding tert-OH is 1. The minimum absolute atomic E-state index is 0.386. The number of carbonyl (C=O) groups excluding carboxylic acids is 1. The quantitative estimate of drug-likeness (QED) is 0.501. The number of hydrogen-bond donors (Lipinski definition) is 2. The van der Waals surface area contributed by atoms with Crippen molar-refractivity contribution in [3.63, 3.8) is 0 Å². The van der Waals surface area contributed by atoms with E-state index in [0.717, 1.165) is 15.9 Å². The molecule has 0 aliphatic rings. The number of benzene rings is 1. The normalized spacial score (nSPS) is 11.3. The molecule has 4 nitrogen and oxygen atoms in total. The molecule has 2 N–H and O–H groups in total. The van der Waals surface area contributed by atoms with Crippen LogP contribution in [0.3, 0.4) is 0 Å². The highest BCUT2D eigenvalue weighted by molar-refractivity contribution is 7.99. The number of ketones is 1. The summed E-state index contributed by atoms with van der Waals surface area (Å²) in [4.78, 5) is 24.1. The van der Waals surface area contributed by atoms with E-state index in [1.54, 1.807) is 5.38 Å². The number of thiophene rings is 1. The topological polar surface area (TPSA) is 74.6 Å². The third-order valence-corrected chi connectivity index (χ3v) is 4.31. The summed E-state index contributed by atoms with van der Waals surface area (Å²) in [6.07, 6.45) is 0.722. The van der Waals surface area contributed by atoms with Gasteiger partial charge >= 0.3 is 5.97 Å². The van der Waals surface area contributed by atoms with Crippen molar-refractivity contribution >= 4 is 34.9 Å². The second-order valence-corrected chi connectivity index (χ2v) is 5.62. The number of carboxylic acid groups (broad SMARTS) is 1. The average molecular weight is 306 g/mol. The molecule has 0 saturated carbocycles. The van der Waals surface area contributed by atoms with Gasteiger partial charge in [-0.2, -0.15) is 11.3 Å². The van der Waals surface area contributed by atoms with Gasteiger partial charge in [0.15, 0.2) is 5.78 Å². The van der Waals surface area contributed by atoms with Crippen LogP contribution in [0.4, 0.5) is 0 Å². The van der Waals surface area contributed by atoms with Crippen molar-refractivity contribution in [1.82, 2.24) is 0 Å². The van der Waals surface area contributed by atoms with Crippen molar-refractivity contribution < 1.29 is 19.8 Å². The lowest BCUT2D eigenvalue weighted by Gasteiger charge is -2.01. The first-order valence-electron chi connectivity index (χ1n) is 5.55. The molecule has 1 aromatic carbocycles. The molecule has 1 aromatic heterocycles. The Labute approximate surface area is 123 Å². The first-order chi connectivity index (χ1) is 9.58. The zero-order valence-electron chi connectivity index (χ0n) is 10.1. The van der Waals surface area contributed by atoms with Gasteiger partial charge in [-0.3, -0.25) is 4.79 Å². The van der Waals surface area contributed by atoms with E-state index in [-0.39, 0.29) is 0 Å². The Morgan fingerprint density at radius 2 is 1.80 bits per heavy atom. The van der Waals surface area contributed by atoms with Crippen molar-refractivity contribution in [3.8, 4) is 0 Å². The van der Waals surface area contributed by atoms with E-state index in [9.17, 15) is 9.59 Å². The first kappa shape index (κ1) is 14.4. The van der Waals surface area contributed by atoms with Gasteiger partial charge < -0.3 is 10.2 Å². The fourth-order valence-electron chi connectivity index (χ4n) is 1.42. The van der Waals surface area contributed by atoms with E-state index < -0.39 is 17.5 Å². The molecule has 0 atom stereocenters. The first-order valence-corrected chi connectivity index (χ1v) is 7.31. The van der Waals surface area contributed by atoms with Gasteiger partial charge in [0, 0.05) is 32.2 Å². The number of carboxylic acids is 1. The standard InChI is InChI=1S/C14H10O4S2/c15-11(6-12(16)14(17)18)10-7-19-8-13(10)20-9-4-2-1-3-5-9/h1-8,16H,(H,17,18)/b12-6-. The van der Waals surface area contributed by atoms with Crippen LogP contribution >= 0.6 is 23.1 Å².